The Morgan fingerprint density at radius 2 is 1.95 bits per heavy atom. The Bertz CT molecular complexity index is 593. The molecule has 2 N–H and O–H groups in total. The Morgan fingerprint density at radius 1 is 1.29 bits per heavy atom. The van der Waals surface area contributed by atoms with Gasteiger partial charge < -0.3 is 10.4 Å². The number of carboxylic acid groups (broad SMARTS) is 1. The van der Waals surface area contributed by atoms with Crippen LogP contribution in [-0.4, -0.2) is 22.5 Å². The average molecular weight is 287 g/mol. The number of hydrogen-bond donors (Lipinski definition) is 2. The fraction of sp³-hybridized carbons (Fsp3) is 0.529. The van der Waals surface area contributed by atoms with Gasteiger partial charge in [-0.25, -0.2) is 4.79 Å². The summed E-state index contributed by atoms with van der Waals surface area (Å²) in [5, 5.41) is 12.2. The molecule has 4 heteroatoms. The standard InChI is InChI=1S/C17H21NO3/c1-10-5-3-4-6-12(10)13-9-14(13)15(19)18-17(2,16(20)21)11-7-8-11/h3-6,11,13-14H,7-9H2,1-2H3,(H,18,19)(H,20,21)/t13-,14-,17+/m0/s1. The van der Waals surface area contributed by atoms with Crippen LogP contribution >= 0.6 is 0 Å². The highest BCUT2D eigenvalue weighted by Gasteiger charge is 2.52. The molecule has 0 unspecified atom stereocenters. The summed E-state index contributed by atoms with van der Waals surface area (Å²) in [6.07, 6.45) is 2.58. The van der Waals surface area contributed by atoms with Crippen molar-refractivity contribution in [1.29, 1.82) is 0 Å². The predicted octanol–water partition coefficient (Wildman–Crippen LogP) is 2.47. The van der Waals surface area contributed by atoms with Crippen molar-refractivity contribution >= 4 is 11.9 Å². The molecule has 0 saturated heterocycles. The van der Waals surface area contributed by atoms with Crippen LogP contribution in [0.25, 0.3) is 0 Å². The van der Waals surface area contributed by atoms with Crippen molar-refractivity contribution in [2.75, 3.05) is 0 Å². The molecule has 2 aliphatic carbocycles. The van der Waals surface area contributed by atoms with Crippen LogP contribution in [0.1, 0.15) is 43.2 Å². The number of aliphatic carboxylic acids is 1. The van der Waals surface area contributed by atoms with Gasteiger partial charge in [-0.1, -0.05) is 24.3 Å². The minimum absolute atomic E-state index is 0.0783. The van der Waals surface area contributed by atoms with Crippen molar-refractivity contribution in [1.82, 2.24) is 5.32 Å². The van der Waals surface area contributed by atoms with Crippen molar-refractivity contribution in [2.24, 2.45) is 11.8 Å². The summed E-state index contributed by atoms with van der Waals surface area (Å²) in [6, 6.07) is 8.09. The lowest BCUT2D eigenvalue weighted by atomic mass is 9.95. The molecule has 2 fully saturated rings. The molecule has 1 amide bonds. The minimum atomic E-state index is -1.10. The number of amides is 1. The largest absolute Gasteiger partial charge is 0.480 e. The van der Waals surface area contributed by atoms with Gasteiger partial charge in [0.1, 0.15) is 5.54 Å². The highest BCUT2D eigenvalue weighted by Crippen LogP contribution is 2.49. The topological polar surface area (TPSA) is 66.4 Å². The first-order chi connectivity index (χ1) is 9.93. The van der Waals surface area contributed by atoms with E-state index in [9.17, 15) is 14.7 Å². The maximum absolute atomic E-state index is 12.4. The fourth-order valence-electron chi connectivity index (χ4n) is 3.17. The number of carboxylic acids is 1. The number of carbonyl (C=O) groups is 2. The molecule has 0 aliphatic heterocycles. The summed E-state index contributed by atoms with van der Waals surface area (Å²) >= 11 is 0. The van der Waals surface area contributed by atoms with Crippen LogP contribution in [0.4, 0.5) is 0 Å². The van der Waals surface area contributed by atoms with Gasteiger partial charge in [-0.3, -0.25) is 4.79 Å². The zero-order valence-corrected chi connectivity index (χ0v) is 12.4. The van der Waals surface area contributed by atoms with Gasteiger partial charge in [0, 0.05) is 5.92 Å². The summed E-state index contributed by atoms with van der Waals surface area (Å²) in [7, 11) is 0. The number of aryl methyl sites for hydroxylation is 1. The Hall–Kier alpha value is -1.84. The first kappa shape index (κ1) is 14.1. The summed E-state index contributed by atoms with van der Waals surface area (Å²) in [6.45, 7) is 3.68. The highest BCUT2D eigenvalue weighted by molar-refractivity contribution is 5.90. The minimum Gasteiger partial charge on any atom is -0.480 e. The maximum Gasteiger partial charge on any atom is 0.329 e. The molecule has 21 heavy (non-hydrogen) atoms. The SMILES string of the molecule is Cc1ccccc1[C@@H]1C[C@@H]1C(=O)N[C@@](C)(C(=O)O)C1CC1. The number of hydrogen-bond acceptors (Lipinski definition) is 2. The van der Waals surface area contributed by atoms with Crippen molar-refractivity contribution in [3.8, 4) is 0 Å². The first-order valence-electron chi connectivity index (χ1n) is 7.54. The fourth-order valence-corrected chi connectivity index (χ4v) is 3.17. The van der Waals surface area contributed by atoms with Gasteiger partial charge in [0.25, 0.3) is 0 Å². The van der Waals surface area contributed by atoms with Gasteiger partial charge in [0.05, 0.1) is 0 Å². The zero-order valence-electron chi connectivity index (χ0n) is 12.4. The summed E-state index contributed by atoms with van der Waals surface area (Å²) in [5.41, 5.74) is 1.30. The molecule has 3 rings (SSSR count). The molecule has 112 valence electrons. The summed E-state index contributed by atoms with van der Waals surface area (Å²) < 4.78 is 0. The van der Waals surface area contributed by atoms with Gasteiger partial charge in [-0.15, -0.1) is 0 Å². The lowest BCUT2D eigenvalue weighted by Crippen LogP contribution is -2.54. The van der Waals surface area contributed by atoms with E-state index in [-0.39, 0.29) is 23.7 Å². The van der Waals surface area contributed by atoms with Crippen molar-refractivity contribution in [3.05, 3.63) is 35.4 Å². The van der Waals surface area contributed by atoms with Crippen molar-refractivity contribution < 1.29 is 14.7 Å². The second kappa shape index (κ2) is 4.86. The van der Waals surface area contributed by atoms with E-state index >= 15 is 0 Å². The molecule has 3 atom stereocenters. The molecule has 4 nitrogen and oxygen atoms in total. The van der Waals surface area contributed by atoms with Crippen LogP contribution in [-0.2, 0) is 9.59 Å². The third-order valence-electron chi connectivity index (χ3n) is 4.94. The van der Waals surface area contributed by atoms with E-state index in [0.29, 0.717) is 0 Å². The third-order valence-corrected chi connectivity index (χ3v) is 4.94. The molecule has 0 radical (unpaired) electrons. The molecular formula is C17H21NO3. The Labute approximate surface area is 124 Å². The molecule has 2 saturated carbocycles. The normalized spacial score (nSPS) is 26.8. The second-order valence-electron chi connectivity index (χ2n) is 6.58. The van der Waals surface area contributed by atoms with E-state index in [1.54, 1.807) is 6.92 Å². The van der Waals surface area contributed by atoms with E-state index in [2.05, 4.69) is 11.4 Å². The number of nitrogens with one attached hydrogen (secondary N) is 1. The average Bonchev–Trinajstić information content (AvgIpc) is 3.30. The van der Waals surface area contributed by atoms with Crippen LogP contribution in [0.3, 0.4) is 0 Å². The second-order valence-corrected chi connectivity index (χ2v) is 6.58. The lowest BCUT2D eigenvalue weighted by molar-refractivity contribution is -0.148. The smallest absolute Gasteiger partial charge is 0.329 e. The first-order valence-corrected chi connectivity index (χ1v) is 7.54. The predicted molar refractivity (Wildman–Crippen MR) is 78.9 cm³/mol. The maximum atomic E-state index is 12.4. The van der Waals surface area contributed by atoms with Crippen LogP contribution in [0.2, 0.25) is 0 Å². The monoisotopic (exact) mass is 287 g/mol. The van der Waals surface area contributed by atoms with Gasteiger partial charge in [-0.05, 0) is 56.1 Å². The van der Waals surface area contributed by atoms with E-state index in [0.717, 1.165) is 19.3 Å². The quantitative estimate of drug-likeness (QED) is 0.874. The van der Waals surface area contributed by atoms with Crippen LogP contribution in [0.5, 0.6) is 0 Å². The van der Waals surface area contributed by atoms with E-state index in [4.69, 9.17) is 0 Å². The van der Waals surface area contributed by atoms with E-state index in [1.807, 2.05) is 25.1 Å². The van der Waals surface area contributed by atoms with E-state index < -0.39 is 11.5 Å². The van der Waals surface area contributed by atoms with Crippen molar-refractivity contribution in [3.63, 3.8) is 0 Å². The summed E-state index contributed by atoms with van der Waals surface area (Å²) in [5.74, 6) is -0.798. The molecular weight excluding hydrogens is 266 g/mol. The Morgan fingerprint density at radius 3 is 2.52 bits per heavy atom. The Balaban J connectivity index is 1.68. The van der Waals surface area contributed by atoms with Gasteiger partial charge in [0.2, 0.25) is 5.91 Å². The third kappa shape index (κ3) is 2.55. The van der Waals surface area contributed by atoms with Gasteiger partial charge in [0.15, 0.2) is 0 Å². The molecule has 0 aromatic heterocycles. The van der Waals surface area contributed by atoms with Crippen LogP contribution in [0.15, 0.2) is 24.3 Å². The van der Waals surface area contributed by atoms with Crippen LogP contribution < -0.4 is 5.32 Å². The van der Waals surface area contributed by atoms with Gasteiger partial charge in [-0.2, -0.15) is 0 Å². The highest BCUT2D eigenvalue weighted by atomic mass is 16.4. The molecule has 2 aliphatic rings. The zero-order chi connectivity index (χ0) is 15.2. The number of carbonyl (C=O) groups excluding carboxylic acids is 1. The van der Waals surface area contributed by atoms with Crippen molar-refractivity contribution in [2.45, 2.75) is 44.6 Å². The molecule has 0 bridgehead atoms. The lowest BCUT2D eigenvalue weighted by Gasteiger charge is -2.26. The molecule has 1 aromatic carbocycles. The number of benzene rings is 1. The molecule has 1 aromatic rings. The van der Waals surface area contributed by atoms with Crippen LogP contribution in [0, 0.1) is 18.8 Å². The molecule has 0 spiro atoms. The summed E-state index contributed by atoms with van der Waals surface area (Å²) in [4.78, 5) is 23.9. The number of rotatable bonds is 5. The Kier molecular flexibility index (Phi) is 3.27. The van der Waals surface area contributed by atoms with Gasteiger partial charge >= 0.3 is 5.97 Å². The van der Waals surface area contributed by atoms with E-state index in [1.165, 1.54) is 11.1 Å². The molecule has 0 heterocycles.